The molecule has 0 aromatic heterocycles. The van der Waals surface area contributed by atoms with E-state index >= 15 is 0 Å². The fraction of sp³-hybridized carbons (Fsp3) is 0.167. The van der Waals surface area contributed by atoms with Gasteiger partial charge in [0.15, 0.2) is 5.76 Å². The van der Waals surface area contributed by atoms with Gasteiger partial charge in [-0.3, -0.25) is 9.59 Å². The van der Waals surface area contributed by atoms with Crippen molar-refractivity contribution in [3.63, 3.8) is 0 Å². The smallest absolute Gasteiger partial charge is 0.308 e. The SMILES string of the molecule is CC(=O)OC1=CS(=O)(=O)N(C(C)=O)c2ccccc21. The molecule has 0 spiro atoms. The second kappa shape index (κ2) is 4.51. The number of rotatable bonds is 1. The fourth-order valence-corrected chi connectivity index (χ4v) is 3.17. The Bertz CT molecular complexity index is 690. The Hall–Kier alpha value is -2.15. The molecule has 1 amide bonds. The second-order valence-electron chi connectivity index (χ2n) is 3.92. The quantitative estimate of drug-likeness (QED) is 0.723. The second-order valence-corrected chi connectivity index (χ2v) is 5.55. The zero-order valence-corrected chi connectivity index (χ0v) is 11.1. The van der Waals surface area contributed by atoms with E-state index in [-0.39, 0.29) is 11.4 Å². The van der Waals surface area contributed by atoms with Gasteiger partial charge in [-0.05, 0) is 12.1 Å². The van der Waals surface area contributed by atoms with Crippen LogP contribution in [0, 0.1) is 0 Å². The Morgan fingerprint density at radius 1 is 1.16 bits per heavy atom. The van der Waals surface area contributed by atoms with E-state index in [0.29, 0.717) is 9.87 Å². The summed E-state index contributed by atoms with van der Waals surface area (Å²) in [5.74, 6) is -1.35. The van der Waals surface area contributed by atoms with Gasteiger partial charge in [0.2, 0.25) is 5.91 Å². The highest BCUT2D eigenvalue weighted by molar-refractivity contribution is 7.96. The van der Waals surface area contributed by atoms with Crippen LogP contribution in [0.4, 0.5) is 5.69 Å². The summed E-state index contributed by atoms with van der Waals surface area (Å²) in [5, 5.41) is 0.776. The lowest BCUT2D eigenvalue weighted by Gasteiger charge is -2.26. The third-order valence-electron chi connectivity index (χ3n) is 2.44. The van der Waals surface area contributed by atoms with Crippen molar-refractivity contribution in [2.75, 3.05) is 4.31 Å². The third-order valence-corrected chi connectivity index (χ3v) is 3.91. The number of ether oxygens (including phenoxy) is 1. The van der Waals surface area contributed by atoms with Gasteiger partial charge in [0.25, 0.3) is 10.0 Å². The van der Waals surface area contributed by atoms with Gasteiger partial charge in [0.1, 0.15) is 0 Å². The molecule has 6 nitrogen and oxygen atoms in total. The summed E-state index contributed by atoms with van der Waals surface area (Å²) in [5.41, 5.74) is 0.552. The summed E-state index contributed by atoms with van der Waals surface area (Å²) >= 11 is 0. The molecule has 0 saturated carbocycles. The van der Waals surface area contributed by atoms with E-state index < -0.39 is 21.9 Å². The molecule has 0 N–H and O–H groups in total. The molecule has 1 aromatic rings. The predicted molar refractivity (Wildman–Crippen MR) is 68.3 cm³/mol. The average molecular weight is 281 g/mol. The van der Waals surface area contributed by atoms with Gasteiger partial charge >= 0.3 is 5.97 Å². The van der Waals surface area contributed by atoms with Gasteiger partial charge in [0, 0.05) is 19.4 Å². The largest absolute Gasteiger partial charge is 0.425 e. The Morgan fingerprint density at radius 2 is 1.79 bits per heavy atom. The van der Waals surface area contributed by atoms with Crippen molar-refractivity contribution in [3.8, 4) is 0 Å². The Morgan fingerprint density at radius 3 is 2.37 bits per heavy atom. The van der Waals surface area contributed by atoms with Crippen molar-refractivity contribution in [3.05, 3.63) is 35.2 Å². The molecular weight excluding hydrogens is 270 g/mol. The van der Waals surface area contributed by atoms with E-state index in [0.717, 1.165) is 12.3 Å². The third kappa shape index (κ3) is 2.37. The van der Waals surface area contributed by atoms with E-state index in [2.05, 4.69) is 0 Å². The molecule has 1 aromatic carbocycles. The highest BCUT2D eigenvalue weighted by Gasteiger charge is 2.33. The highest BCUT2D eigenvalue weighted by atomic mass is 32.2. The minimum Gasteiger partial charge on any atom is -0.425 e. The molecule has 0 bridgehead atoms. The Balaban J connectivity index is 2.69. The van der Waals surface area contributed by atoms with Crippen molar-refractivity contribution in [2.24, 2.45) is 0 Å². The number of sulfonamides is 1. The molecule has 1 heterocycles. The minimum absolute atomic E-state index is 0.0828. The highest BCUT2D eigenvalue weighted by Crippen LogP contribution is 2.35. The van der Waals surface area contributed by atoms with E-state index in [1.807, 2.05) is 0 Å². The van der Waals surface area contributed by atoms with Crippen LogP contribution >= 0.6 is 0 Å². The number of carbonyl (C=O) groups is 2. The Labute approximate surface area is 110 Å². The van der Waals surface area contributed by atoms with Gasteiger partial charge in [-0.2, -0.15) is 0 Å². The molecule has 100 valence electrons. The van der Waals surface area contributed by atoms with Gasteiger partial charge in [-0.25, -0.2) is 12.7 Å². The molecule has 0 fully saturated rings. The van der Waals surface area contributed by atoms with E-state index in [1.165, 1.54) is 13.0 Å². The van der Waals surface area contributed by atoms with Crippen LogP contribution in [0.1, 0.15) is 19.4 Å². The van der Waals surface area contributed by atoms with Gasteiger partial charge in [0.05, 0.1) is 11.1 Å². The van der Waals surface area contributed by atoms with Crippen molar-refractivity contribution in [1.29, 1.82) is 0 Å². The van der Waals surface area contributed by atoms with Crippen LogP contribution in [-0.4, -0.2) is 20.3 Å². The topological polar surface area (TPSA) is 80.8 Å². The van der Waals surface area contributed by atoms with Crippen molar-refractivity contribution >= 4 is 33.3 Å². The zero-order chi connectivity index (χ0) is 14.2. The monoisotopic (exact) mass is 281 g/mol. The molecule has 1 aliphatic heterocycles. The normalized spacial score (nSPS) is 16.3. The maximum absolute atomic E-state index is 12.0. The van der Waals surface area contributed by atoms with Crippen molar-refractivity contribution in [1.82, 2.24) is 0 Å². The van der Waals surface area contributed by atoms with Crippen LogP contribution in [-0.2, 0) is 24.3 Å². The van der Waals surface area contributed by atoms with E-state index in [4.69, 9.17) is 4.74 Å². The summed E-state index contributed by atoms with van der Waals surface area (Å²) in [4.78, 5) is 22.5. The van der Waals surface area contributed by atoms with Gasteiger partial charge < -0.3 is 4.74 Å². The van der Waals surface area contributed by atoms with Crippen LogP contribution < -0.4 is 4.31 Å². The molecule has 0 atom stereocenters. The van der Waals surface area contributed by atoms with Crippen LogP contribution in [0.3, 0.4) is 0 Å². The molecule has 0 radical (unpaired) electrons. The van der Waals surface area contributed by atoms with Crippen LogP contribution in [0.5, 0.6) is 0 Å². The molecule has 0 saturated heterocycles. The number of amides is 1. The lowest BCUT2D eigenvalue weighted by atomic mass is 10.1. The summed E-state index contributed by atoms with van der Waals surface area (Å²) in [6.07, 6.45) is 0. The minimum atomic E-state index is -3.99. The standard InChI is InChI=1S/C12H11NO5S/c1-8(14)13-11-6-4-3-5-10(11)12(18-9(2)15)7-19(13,16)17/h3-7H,1-2H3. The number of hydrogen-bond donors (Lipinski definition) is 0. The molecular formula is C12H11NO5S. The van der Waals surface area contributed by atoms with E-state index in [9.17, 15) is 18.0 Å². The first-order valence-electron chi connectivity index (χ1n) is 5.38. The van der Waals surface area contributed by atoms with E-state index in [1.54, 1.807) is 18.2 Å². The first-order valence-corrected chi connectivity index (χ1v) is 6.88. The lowest BCUT2D eigenvalue weighted by molar-refractivity contribution is -0.134. The van der Waals surface area contributed by atoms with Crippen LogP contribution in [0.25, 0.3) is 5.76 Å². The predicted octanol–water partition coefficient (Wildman–Crippen LogP) is 1.24. The van der Waals surface area contributed by atoms with Crippen molar-refractivity contribution in [2.45, 2.75) is 13.8 Å². The first-order chi connectivity index (χ1) is 8.83. The molecule has 7 heteroatoms. The molecule has 0 aliphatic carbocycles. The average Bonchev–Trinajstić information content (AvgIpc) is 2.26. The molecule has 1 aliphatic rings. The van der Waals surface area contributed by atoms with Gasteiger partial charge in [-0.15, -0.1) is 0 Å². The van der Waals surface area contributed by atoms with Crippen molar-refractivity contribution < 1.29 is 22.7 Å². The number of esters is 1. The maximum atomic E-state index is 12.0. The number of nitrogens with zero attached hydrogens (tertiary/aromatic N) is 1. The number of hydrogen-bond acceptors (Lipinski definition) is 5. The summed E-state index contributed by atoms with van der Waals surface area (Å²) < 4.78 is 29.6. The molecule has 19 heavy (non-hydrogen) atoms. The first kappa shape index (κ1) is 13.3. The fourth-order valence-electron chi connectivity index (χ4n) is 1.83. The summed E-state index contributed by atoms with van der Waals surface area (Å²) in [6, 6.07) is 6.31. The number of carbonyl (C=O) groups excluding carboxylic acids is 2. The number of anilines is 1. The zero-order valence-electron chi connectivity index (χ0n) is 10.3. The van der Waals surface area contributed by atoms with Crippen LogP contribution in [0.2, 0.25) is 0 Å². The molecule has 0 unspecified atom stereocenters. The molecule has 2 rings (SSSR count). The van der Waals surface area contributed by atoms with Crippen LogP contribution in [0.15, 0.2) is 29.7 Å². The maximum Gasteiger partial charge on any atom is 0.308 e. The number of para-hydroxylation sites is 1. The van der Waals surface area contributed by atoms with Gasteiger partial charge in [-0.1, -0.05) is 12.1 Å². The summed E-state index contributed by atoms with van der Waals surface area (Å²) in [6.45, 7) is 2.33. The summed E-state index contributed by atoms with van der Waals surface area (Å²) in [7, 11) is -3.99. The Kier molecular flexibility index (Phi) is 3.15. The lowest BCUT2D eigenvalue weighted by Crippen LogP contribution is -2.36. The number of benzene rings is 1. The number of fused-ring (bicyclic) bond motifs is 1.